The summed E-state index contributed by atoms with van der Waals surface area (Å²) in [4.78, 5) is 12.6. The minimum atomic E-state index is -3.66. The molecule has 2 aromatic carbocycles. The zero-order valence-corrected chi connectivity index (χ0v) is 17.4. The smallest absolute Gasteiger partial charge is 0.233 e. The summed E-state index contributed by atoms with van der Waals surface area (Å²) in [5.74, 6) is 0.234. The van der Waals surface area contributed by atoms with E-state index in [-0.39, 0.29) is 17.0 Å². The molecule has 0 aromatic heterocycles. The number of carbonyl (C=O) groups excluding carboxylic acids is 1. The van der Waals surface area contributed by atoms with Crippen LogP contribution in [0.2, 0.25) is 0 Å². The first-order valence-corrected chi connectivity index (χ1v) is 11.5. The second-order valence-electron chi connectivity index (χ2n) is 8.61. The fourth-order valence-electron chi connectivity index (χ4n) is 4.85. The minimum absolute atomic E-state index is 0.0980. The monoisotopic (exact) mass is 411 g/mol. The van der Waals surface area contributed by atoms with Crippen LogP contribution in [0.25, 0.3) is 0 Å². The van der Waals surface area contributed by atoms with Crippen LogP contribution in [0.1, 0.15) is 33.1 Å². The Balaban J connectivity index is 1.46. The van der Waals surface area contributed by atoms with Crippen molar-refractivity contribution in [1.29, 1.82) is 0 Å². The Morgan fingerprint density at radius 3 is 2.17 bits per heavy atom. The van der Waals surface area contributed by atoms with Crippen LogP contribution in [-0.4, -0.2) is 20.0 Å². The molecule has 0 heterocycles. The molecule has 29 heavy (non-hydrogen) atoms. The maximum Gasteiger partial charge on any atom is 0.233 e. The molecule has 0 aliphatic heterocycles. The van der Waals surface area contributed by atoms with Crippen molar-refractivity contribution in [2.75, 3.05) is 10.5 Å². The van der Waals surface area contributed by atoms with Gasteiger partial charge in [-0.25, -0.2) is 8.42 Å². The van der Waals surface area contributed by atoms with Crippen molar-refractivity contribution < 1.29 is 13.2 Å². The largest absolute Gasteiger partial charge is 0.299 e. The molecule has 2 aliphatic rings. The normalized spacial score (nSPS) is 25.6. The molecule has 4 rings (SSSR count). The lowest BCUT2D eigenvalue weighted by Gasteiger charge is -2.36. The van der Waals surface area contributed by atoms with Gasteiger partial charge in [-0.3, -0.25) is 9.52 Å². The Bertz CT molecular complexity index is 1050. The summed E-state index contributed by atoms with van der Waals surface area (Å²) in [6.45, 7) is 4.08. The summed E-state index contributed by atoms with van der Waals surface area (Å²) in [5, 5.41) is 8.31. The van der Waals surface area contributed by atoms with Crippen LogP contribution in [0.4, 0.5) is 17.1 Å². The van der Waals surface area contributed by atoms with E-state index in [2.05, 4.69) is 15.0 Å². The third kappa shape index (κ3) is 3.59. The van der Waals surface area contributed by atoms with Crippen LogP contribution < -0.4 is 4.72 Å². The molecule has 0 radical (unpaired) electrons. The number of sulfonamides is 1. The number of azo groups is 1. The highest BCUT2D eigenvalue weighted by atomic mass is 32.2. The van der Waals surface area contributed by atoms with Crippen LogP contribution in [0.3, 0.4) is 0 Å². The quantitative estimate of drug-likeness (QED) is 0.659. The highest BCUT2D eigenvalue weighted by molar-refractivity contribution is 7.92. The maximum absolute atomic E-state index is 12.9. The highest BCUT2D eigenvalue weighted by Gasteiger charge is 2.65. The predicted octanol–water partition coefficient (Wildman–Crippen LogP) is 5.24. The van der Waals surface area contributed by atoms with Crippen LogP contribution >= 0.6 is 0 Å². The number of hydrogen-bond donors (Lipinski definition) is 1. The number of anilines is 1. The molecule has 1 N–H and O–H groups in total. The number of nitrogens with zero attached hydrogens (tertiary/aromatic N) is 2. The fraction of sp³-hybridized carbons (Fsp3) is 0.409. The second-order valence-corrected chi connectivity index (χ2v) is 10.3. The van der Waals surface area contributed by atoms with Gasteiger partial charge in [0, 0.05) is 12.1 Å². The van der Waals surface area contributed by atoms with Crippen molar-refractivity contribution in [1.82, 2.24) is 0 Å². The van der Waals surface area contributed by atoms with Crippen molar-refractivity contribution in [3.05, 3.63) is 54.6 Å². The summed E-state index contributed by atoms with van der Waals surface area (Å²) >= 11 is 0. The SMILES string of the molecule is CC1(C)[C@H]2CC[C@@]1(CS(=O)(=O)Nc1ccc(N=Nc3ccccc3)cc1)C(=O)C2. The molecule has 7 heteroatoms. The van der Waals surface area contributed by atoms with Gasteiger partial charge in [0.15, 0.2) is 0 Å². The first-order valence-electron chi connectivity index (χ1n) is 9.83. The molecule has 0 spiro atoms. The first kappa shape index (κ1) is 19.8. The van der Waals surface area contributed by atoms with E-state index in [0.29, 0.717) is 30.1 Å². The number of rotatable bonds is 6. The predicted molar refractivity (Wildman–Crippen MR) is 113 cm³/mol. The summed E-state index contributed by atoms with van der Waals surface area (Å²) < 4.78 is 28.4. The number of nitrogens with one attached hydrogen (secondary N) is 1. The minimum Gasteiger partial charge on any atom is -0.299 e. The van der Waals surface area contributed by atoms with Gasteiger partial charge in [-0.05, 0) is 60.6 Å². The third-order valence-electron chi connectivity index (χ3n) is 6.75. The summed E-state index contributed by atoms with van der Waals surface area (Å²) in [6, 6.07) is 16.1. The molecule has 0 saturated heterocycles. The number of hydrogen-bond acceptors (Lipinski definition) is 5. The lowest BCUT2D eigenvalue weighted by Crippen LogP contribution is -2.43. The van der Waals surface area contributed by atoms with Crippen molar-refractivity contribution in [2.45, 2.75) is 33.1 Å². The van der Waals surface area contributed by atoms with Gasteiger partial charge >= 0.3 is 0 Å². The Morgan fingerprint density at radius 2 is 1.62 bits per heavy atom. The van der Waals surface area contributed by atoms with Gasteiger partial charge in [0.2, 0.25) is 10.0 Å². The number of carbonyl (C=O) groups is 1. The van der Waals surface area contributed by atoms with Crippen LogP contribution in [0.5, 0.6) is 0 Å². The van der Waals surface area contributed by atoms with E-state index in [9.17, 15) is 13.2 Å². The van der Waals surface area contributed by atoms with E-state index in [4.69, 9.17) is 0 Å². The fourth-order valence-corrected chi connectivity index (χ4v) is 6.75. The van der Waals surface area contributed by atoms with Crippen LogP contribution in [0.15, 0.2) is 64.8 Å². The molecule has 2 fully saturated rings. The third-order valence-corrected chi connectivity index (χ3v) is 8.17. The van der Waals surface area contributed by atoms with E-state index in [1.807, 2.05) is 44.2 Å². The van der Waals surface area contributed by atoms with E-state index in [0.717, 1.165) is 12.1 Å². The molecule has 2 saturated carbocycles. The highest BCUT2D eigenvalue weighted by Crippen LogP contribution is 2.64. The number of benzene rings is 2. The van der Waals surface area contributed by atoms with Gasteiger partial charge in [-0.2, -0.15) is 10.2 Å². The molecular formula is C22H25N3O3S. The Hall–Kier alpha value is -2.54. The van der Waals surface area contributed by atoms with E-state index >= 15 is 0 Å². The molecule has 2 atom stereocenters. The van der Waals surface area contributed by atoms with E-state index in [1.165, 1.54) is 0 Å². The van der Waals surface area contributed by atoms with E-state index < -0.39 is 15.4 Å². The van der Waals surface area contributed by atoms with E-state index in [1.54, 1.807) is 24.3 Å². The maximum atomic E-state index is 12.9. The zero-order valence-electron chi connectivity index (χ0n) is 16.6. The van der Waals surface area contributed by atoms with Crippen molar-refractivity contribution in [3.63, 3.8) is 0 Å². The number of fused-ring (bicyclic) bond motifs is 2. The van der Waals surface area contributed by atoms with Gasteiger partial charge in [0.1, 0.15) is 5.78 Å². The Labute approximate surface area is 171 Å². The standard InChI is InChI=1S/C22H25N3O3S/c1-21(2)16-12-13-22(21,20(26)14-16)15-29(27,28)25-19-10-8-18(9-11-19)24-23-17-6-4-3-5-7-17/h3-11,16,25H,12-15H2,1-2H3/t16-,22+/m0/s1. The van der Waals surface area contributed by atoms with Crippen LogP contribution in [-0.2, 0) is 14.8 Å². The molecule has 0 unspecified atom stereocenters. The molecule has 0 amide bonds. The van der Waals surface area contributed by atoms with Crippen molar-refractivity contribution in [3.8, 4) is 0 Å². The second kappa shape index (κ2) is 7.06. The van der Waals surface area contributed by atoms with Gasteiger partial charge < -0.3 is 0 Å². The summed E-state index contributed by atoms with van der Waals surface area (Å²) in [7, 11) is -3.66. The number of Topliss-reactive ketones (excluding diaryl/α,β-unsaturated/α-hetero) is 1. The van der Waals surface area contributed by atoms with Gasteiger partial charge in [0.05, 0.1) is 22.5 Å². The molecule has 2 bridgehead atoms. The first-order chi connectivity index (χ1) is 13.7. The van der Waals surface area contributed by atoms with Crippen LogP contribution in [0, 0.1) is 16.7 Å². The topological polar surface area (TPSA) is 88.0 Å². The lowest BCUT2D eigenvalue weighted by atomic mass is 9.70. The Kier molecular flexibility index (Phi) is 4.81. The lowest BCUT2D eigenvalue weighted by molar-refractivity contribution is -0.128. The Morgan fingerprint density at radius 1 is 1.00 bits per heavy atom. The van der Waals surface area contributed by atoms with Gasteiger partial charge in [-0.15, -0.1) is 0 Å². The average molecular weight is 412 g/mol. The zero-order chi connectivity index (χ0) is 20.7. The summed E-state index contributed by atoms with van der Waals surface area (Å²) in [5.41, 5.74) is 0.780. The summed E-state index contributed by atoms with van der Waals surface area (Å²) in [6.07, 6.45) is 2.09. The molecule has 6 nitrogen and oxygen atoms in total. The van der Waals surface area contributed by atoms with Gasteiger partial charge in [-0.1, -0.05) is 32.0 Å². The van der Waals surface area contributed by atoms with Crippen molar-refractivity contribution >= 4 is 32.9 Å². The molecule has 2 aliphatic carbocycles. The number of ketones is 1. The average Bonchev–Trinajstić information content (AvgIpc) is 3.02. The molecule has 152 valence electrons. The molecule has 2 aromatic rings. The molecular weight excluding hydrogens is 386 g/mol. The van der Waals surface area contributed by atoms with Gasteiger partial charge in [0.25, 0.3) is 0 Å². The van der Waals surface area contributed by atoms with Crippen molar-refractivity contribution in [2.24, 2.45) is 27.0 Å².